The van der Waals surface area contributed by atoms with Gasteiger partial charge in [0.25, 0.3) is 5.91 Å². The van der Waals surface area contributed by atoms with Crippen LogP contribution >= 0.6 is 0 Å². The van der Waals surface area contributed by atoms with Gasteiger partial charge in [-0.05, 0) is 39.8 Å². The van der Waals surface area contributed by atoms with Crippen LogP contribution in [0.2, 0.25) is 0 Å². The number of aliphatic imine (C=N–C) groups is 1. The molecule has 0 bridgehead atoms. The van der Waals surface area contributed by atoms with Crippen molar-refractivity contribution in [2.75, 3.05) is 26.7 Å². The molecule has 4 rings (SSSR count). The van der Waals surface area contributed by atoms with Crippen molar-refractivity contribution >= 4 is 30.0 Å². The molecule has 0 aliphatic carbocycles. The van der Waals surface area contributed by atoms with E-state index in [0.717, 1.165) is 41.6 Å². The first-order valence-electron chi connectivity index (χ1n) is 12.2. The number of likely N-dealkylation sites (N-methyl/N-ethyl adjacent to an activating group) is 1. The molecule has 0 spiro atoms. The highest BCUT2D eigenvalue weighted by atomic mass is 16.2. The van der Waals surface area contributed by atoms with Gasteiger partial charge in [-0.25, -0.2) is 14.5 Å². The van der Waals surface area contributed by atoms with Crippen LogP contribution in [0.3, 0.4) is 0 Å². The number of carbonyl (C=O) groups excluding carboxylic acids is 2. The lowest BCUT2D eigenvalue weighted by atomic mass is 10.00. The average molecular weight is 505 g/mol. The number of rotatable bonds is 4. The maximum atomic E-state index is 11.8. The first kappa shape index (κ1) is 27.7. The predicted octanol–water partition coefficient (Wildman–Crippen LogP) is 3.14. The van der Waals surface area contributed by atoms with E-state index in [9.17, 15) is 9.59 Å². The van der Waals surface area contributed by atoms with Crippen molar-refractivity contribution in [1.82, 2.24) is 24.4 Å². The number of nitrogens with two attached hydrogens (primary N) is 1. The molecule has 37 heavy (non-hydrogen) atoms. The van der Waals surface area contributed by atoms with Gasteiger partial charge in [-0.15, -0.1) is 0 Å². The van der Waals surface area contributed by atoms with Crippen molar-refractivity contribution in [2.45, 2.75) is 46.1 Å². The Morgan fingerprint density at radius 2 is 1.89 bits per heavy atom. The number of hydrogen-bond donors (Lipinski definition) is 2. The molecule has 10 heteroatoms. The third kappa shape index (κ3) is 6.45. The van der Waals surface area contributed by atoms with E-state index < -0.39 is 0 Å². The zero-order chi connectivity index (χ0) is 27.3. The molecule has 10 nitrogen and oxygen atoms in total. The van der Waals surface area contributed by atoms with Gasteiger partial charge in [0.15, 0.2) is 17.8 Å². The van der Waals surface area contributed by atoms with Gasteiger partial charge in [-0.3, -0.25) is 19.9 Å². The number of amides is 1. The fraction of sp³-hybridized carbons (Fsp3) is 0.407. The number of aryl methyl sites for hydroxylation is 1. The van der Waals surface area contributed by atoms with E-state index in [2.05, 4.69) is 84.9 Å². The Morgan fingerprint density at radius 1 is 1.22 bits per heavy atom. The summed E-state index contributed by atoms with van der Waals surface area (Å²) in [7, 11) is 2.04. The van der Waals surface area contributed by atoms with Crippen molar-refractivity contribution in [3.63, 3.8) is 0 Å². The van der Waals surface area contributed by atoms with Crippen molar-refractivity contribution in [1.29, 1.82) is 5.41 Å². The Kier molecular flexibility index (Phi) is 8.54. The Hall–Kier alpha value is -3.92. The number of amidine groups is 1. The molecule has 0 atom stereocenters. The SMILES string of the molecule is CN1CCN(C(=O)C(N)=NC=N)CC1(C)C.Cc1ccc(-c2cc(C(C)C)c3nc(C=O)cn3n2)cc1. The number of fused-ring (bicyclic) bond motifs is 1. The largest absolute Gasteiger partial charge is 0.379 e. The Morgan fingerprint density at radius 3 is 2.46 bits per heavy atom. The fourth-order valence-electron chi connectivity index (χ4n) is 4.07. The minimum absolute atomic E-state index is 0.0567. The van der Waals surface area contributed by atoms with Crippen molar-refractivity contribution < 1.29 is 9.59 Å². The molecule has 2 aromatic heterocycles. The van der Waals surface area contributed by atoms with Gasteiger partial charge in [0.2, 0.25) is 0 Å². The Bertz CT molecular complexity index is 1310. The lowest BCUT2D eigenvalue weighted by Crippen LogP contribution is -2.60. The number of aromatic nitrogens is 3. The van der Waals surface area contributed by atoms with E-state index >= 15 is 0 Å². The Labute approximate surface area is 217 Å². The summed E-state index contributed by atoms with van der Waals surface area (Å²) >= 11 is 0. The molecule has 1 fully saturated rings. The van der Waals surface area contributed by atoms with Crippen LogP contribution in [0.1, 0.15) is 55.2 Å². The number of nitrogens with one attached hydrogen (secondary N) is 1. The first-order chi connectivity index (χ1) is 17.5. The molecular weight excluding hydrogens is 468 g/mol. The van der Waals surface area contributed by atoms with E-state index in [4.69, 9.17) is 11.1 Å². The highest BCUT2D eigenvalue weighted by Gasteiger charge is 2.34. The van der Waals surface area contributed by atoms with Gasteiger partial charge in [-0.1, -0.05) is 43.7 Å². The van der Waals surface area contributed by atoms with Crippen molar-refractivity contribution in [3.05, 3.63) is 53.3 Å². The van der Waals surface area contributed by atoms with Crippen LogP contribution < -0.4 is 5.73 Å². The molecule has 1 amide bonds. The van der Waals surface area contributed by atoms with Crippen molar-refractivity contribution in [3.8, 4) is 11.3 Å². The van der Waals surface area contributed by atoms with Gasteiger partial charge < -0.3 is 10.6 Å². The van der Waals surface area contributed by atoms with Crippen molar-refractivity contribution in [2.24, 2.45) is 10.7 Å². The lowest BCUT2D eigenvalue weighted by Gasteiger charge is -2.45. The average Bonchev–Trinajstić information content (AvgIpc) is 3.29. The van der Waals surface area contributed by atoms with Gasteiger partial charge in [-0.2, -0.15) is 5.10 Å². The second-order valence-corrected chi connectivity index (χ2v) is 10.2. The van der Waals surface area contributed by atoms with Crippen LogP contribution in [-0.2, 0) is 4.79 Å². The van der Waals surface area contributed by atoms with E-state index in [1.165, 1.54) is 5.56 Å². The highest BCUT2D eigenvalue weighted by molar-refractivity contribution is 6.38. The van der Waals surface area contributed by atoms with Gasteiger partial charge in [0.05, 0.1) is 11.9 Å². The second kappa shape index (κ2) is 11.4. The van der Waals surface area contributed by atoms with E-state index in [0.29, 0.717) is 24.7 Å². The number of piperazine rings is 1. The number of aldehydes is 1. The summed E-state index contributed by atoms with van der Waals surface area (Å²) in [6, 6.07) is 10.3. The van der Waals surface area contributed by atoms with Crippen LogP contribution in [0.25, 0.3) is 16.9 Å². The van der Waals surface area contributed by atoms with Crippen LogP contribution in [0.4, 0.5) is 0 Å². The number of imidazole rings is 1. The topological polar surface area (TPSA) is 133 Å². The maximum absolute atomic E-state index is 11.8. The molecule has 3 heterocycles. The van der Waals surface area contributed by atoms with Gasteiger partial charge in [0, 0.05) is 36.3 Å². The second-order valence-electron chi connectivity index (χ2n) is 10.2. The molecule has 3 N–H and O–H groups in total. The van der Waals surface area contributed by atoms with Crippen LogP contribution in [0.15, 0.2) is 41.5 Å². The molecule has 1 saturated heterocycles. The predicted molar refractivity (Wildman–Crippen MR) is 146 cm³/mol. The smallest absolute Gasteiger partial charge is 0.289 e. The fourth-order valence-corrected chi connectivity index (χ4v) is 4.07. The van der Waals surface area contributed by atoms with E-state index in [1.54, 1.807) is 15.6 Å². The number of nitrogens with zero attached hydrogens (tertiary/aromatic N) is 6. The lowest BCUT2D eigenvalue weighted by molar-refractivity contribution is -0.128. The zero-order valence-corrected chi connectivity index (χ0v) is 22.4. The maximum Gasteiger partial charge on any atom is 0.289 e. The normalized spacial score (nSPS) is 15.9. The molecule has 1 aromatic carbocycles. The zero-order valence-electron chi connectivity index (χ0n) is 22.4. The summed E-state index contributed by atoms with van der Waals surface area (Å²) in [6.07, 6.45) is 3.21. The highest BCUT2D eigenvalue weighted by Crippen LogP contribution is 2.25. The summed E-state index contributed by atoms with van der Waals surface area (Å²) in [5.74, 6) is -0.0957. The van der Waals surface area contributed by atoms with Gasteiger partial charge >= 0.3 is 0 Å². The molecule has 196 valence electrons. The summed E-state index contributed by atoms with van der Waals surface area (Å²) < 4.78 is 1.70. The number of carbonyl (C=O) groups is 2. The summed E-state index contributed by atoms with van der Waals surface area (Å²) in [6.45, 7) is 12.5. The molecule has 3 aromatic rings. The summed E-state index contributed by atoms with van der Waals surface area (Å²) in [4.78, 5) is 34.5. The number of benzene rings is 1. The third-order valence-corrected chi connectivity index (χ3v) is 6.59. The minimum atomic E-state index is -0.287. The third-order valence-electron chi connectivity index (χ3n) is 6.59. The summed E-state index contributed by atoms with van der Waals surface area (Å²) in [5.41, 5.74) is 10.8. The van der Waals surface area contributed by atoms with Crippen LogP contribution in [-0.4, -0.2) is 81.0 Å². The molecule has 0 unspecified atom stereocenters. The quantitative estimate of drug-likeness (QED) is 0.319. The summed E-state index contributed by atoms with van der Waals surface area (Å²) in [5, 5.41) is 11.4. The molecule has 0 saturated carbocycles. The van der Waals surface area contributed by atoms with E-state index in [-0.39, 0.29) is 17.3 Å². The first-order valence-corrected chi connectivity index (χ1v) is 12.2. The number of hydrogen-bond acceptors (Lipinski definition) is 6. The van der Waals surface area contributed by atoms with Gasteiger partial charge in [0.1, 0.15) is 12.0 Å². The molecular formula is C27H36N8O2. The monoisotopic (exact) mass is 504 g/mol. The van der Waals surface area contributed by atoms with Crippen LogP contribution in [0.5, 0.6) is 0 Å². The minimum Gasteiger partial charge on any atom is -0.379 e. The van der Waals surface area contributed by atoms with Crippen LogP contribution in [0, 0.1) is 12.3 Å². The molecule has 1 aliphatic rings. The molecule has 0 radical (unpaired) electrons. The molecule has 1 aliphatic heterocycles. The standard InChI is InChI=1S/C17H17N3O.C10H19N5O/c1-11(2)15-8-16(13-6-4-12(3)5-7-13)19-20-9-14(10-21)18-17(15)20;1-10(2)6-15(5-4-14(10)3)9(16)8(12)13-7-11/h4-11H,1-3H3;7H,4-6H2,1-3H3,(H3,11,12,13). The Balaban J connectivity index is 0.000000214. The van der Waals surface area contributed by atoms with E-state index in [1.807, 2.05) is 7.05 Å².